The van der Waals surface area contributed by atoms with E-state index in [9.17, 15) is 5.11 Å². The highest BCUT2D eigenvalue weighted by Crippen LogP contribution is 2.30. The quantitative estimate of drug-likeness (QED) is 0.825. The van der Waals surface area contributed by atoms with Gasteiger partial charge in [-0.25, -0.2) is 4.98 Å². The van der Waals surface area contributed by atoms with Gasteiger partial charge in [0.05, 0.1) is 5.60 Å². The molecule has 0 aliphatic heterocycles. The molecule has 0 unspecified atom stereocenters. The Bertz CT molecular complexity index is 357. The summed E-state index contributed by atoms with van der Waals surface area (Å²) in [6.07, 6.45) is 5.86. The number of aliphatic hydroxyl groups is 1. The van der Waals surface area contributed by atoms with Gasteiger partial charge in [-0.15, -0.1) is 0 Å². The third-order valence-electron chi connectivity index (χ3n) is 3.50. The first-order valence-electron chi connectivity index (χ1n) is 6.21. The second-order valence-corrected chi connectivity index (χ2v) is 5.02. The molecule has 1 heterocycles. The van der Waals surface area contributed by atoms with Gasteiger partial charge in [0.15, 0.2) is 0 Å². The number of aromatic nitrogens is 1. The lowest BCUT2D eigenvalue weighted by atomic mass is 10.0. The summed E-state index contributed by atoms with van der Waals surface area (Å²) in [6, 6.07) is 3.94. The smallest absolute Gasteiger partial charge is 0.128 e. The number of pyridine rings is 1. The maximum atomic E-state index is 10.3. The molecular weight excluding hydrogens is 214 g/mol. The van der Waals surface area contributed by atoms with Gasteiger partial charge >= 0.3 is 0 Å². The first-order chi connectivity index (χ1) is 8.13. The van der Waals surface area contributed by atoms with E-state index in [1.54, 1.807) is 6.20 Å². The molecule has 1 aromatic heterocycles. The van der Waals surface area contributed by atoms with E-state index in [0.717, 1.165) is 37.1 Å². The number of likely N-dealkylation sites (N-methyl/N-ethyl adjacent to an activating group) is 1. The normalized spacial score (nSPS) is 18.3. The van der Waals surface area contributed by atoms with Crippen LogP contribution in [-0.4, -0.2) is 29.3 Å². The van der Waals surface area contributed by atoms with Gasteiger partial charge in [-0.1, -0.05) is 18.9 Å². The molecule has 94 valence electrons. The Balaban J connectivity index is 2.01. The van der Waals surface area contributed by atoms with Crippen molar-refractivity contribution in [3.63, 3.8) is 0 Å². The van der Waals surface area contributed by atoms with Gasteiger partial charge in [-0.2, -0.15) is 0 Å². The van der Waals surface area contributed by atoms with Crippen molar-refractivity contribution in [2.45, 2.75) is 37.8 Å². The summed E-state index contributed by atoms with van der Waals surface area (Å²) in [5, 5.41) is 10.3. The molecule has 1 saturated carbocycles. The highest BCUT2D eigenvalue weighted by Gasteiger charge is 2.32. The predicted molar refractivity (Wildman–Crippen MR) is 68.8 cm³/mol. The van der Waals surface area contributed by atoms with Gasteiger partial charge in [0, 0.05) is 26.3 Å². The lowest BCUT2D eigenvalue weighted by Gasteiger charge is -2.29. The second kappa shape index (κ2) is 5.02. The number of hydrogen-bond acceptors (Lipinski definition) is 4. The third-order valence-corrected chi connectivity index (χ3v) is 3.50. The molecule has 0 radical (unpaired) electrons. The Labute approximate surface area is 102 Å². The molecule has 0 amide bonds. The van der Waals surface area contributed by atoms with Gasteiger partial charge in [-0.3, -0.25) is 0 Å². The first kappa shape index (κ1) is 12.3. The van der Waals surface area contributed by atoms with E-state index < -0.39 is 5.60 Å². The summed E-state index contributed by atoms with van der Waals surface area (Å²) >= 11 is 0. The van der Waals surface area contributed by atoms with Gasteiger partial charge in [0.2, 0.25) is 0 Å². The van der Waals surface area contributed by atoms with Crippen LogP contribution >= 0.6 is 0 Å². The molecule has 0 atom stereocenters. The molecule has 0 aromatic carbocycles. The summed E-state index contributed by atoms with van der Waals surface area (Å²) in [5.41, 5.74) is 6.04. The molecule has 2 rings (SSSR count). The lowest BCUT2D eigenvalue weighted by Crippen LogP contribution is -2.39. The van der Waals surface area contributed by atoms with Gasteiger partial charge in [0.25, 0.3) is 0 Å². The lowest BCUT2D eigenvalue weighted by molar-refractivity contribution is 0.0558. The van der Waals surface area contributed by atoms with Gasteiger partial charge in [-0.05, 0) is 24.5 Å². The molecule has 3 N–H and O–H groups in total. The van der Waals surface area contributed by atoms with Crippen LogP contribution in [0.25, 0.3) is 0 Å². The van der Waals surface area contributed by atoms with E-state index in [1.165, 1.54) is 0 Å². The van der Waals surface area contributed by atoms with Crippen molar-refractivity contribution in [3.05, 3.63) is 23.9 Å². The number of nitrogens with zero attached hydrogens (tertiary/aromatic N) is 2. The molecule has 1 aromatic rings. The second-order valence-electron chi connectivity index (χ2n) is 5.02. The number of anilines is 1. The molecule has 0 saturated heterocycles. The van der Waals surface area contributed by atoms with Crippen LogP contribution < -0.4 is 10.6 Å². The molecule has 0 spiro atoms. The minimum atomic E-state index is -0.525. The highest BCUT2D eigenvalue weighted by atomic mass is 16.3. The van der Waals surface area contributed by atoms with E-state index in [1.807, 2.05) is 24.1 Å². The fourth-order valence-corrected chi connectivity index (χ4v) is 2.48. The zero-order valence-corrected chi connectivity index (χ0v) is 10.4. The molecule has 1 fully saturated rings. The fourth-order valence-electron chi connectivity index (χ4n) is 2.48. The summed E-state index contributed by atoms with van der Waals surface area (Å²) in [5.74, 6) is 0.891. The van der Waals surface area contributed by atoms with E-state index in [2.05, 4.69) is 4.98 Å². The SMILES string of the molecule is CN(CC1(O)CCCC1)c1ccc(CN)cn1. The summed E-state index contributed by atoms with van der Waals surface area (Å²) in [7, 11) is 1.97. The molecule has 1 aliphatic rings. The Morgan fingerprint density at radius 3 is 2.65 bits per heavy atom. The van der Waals surface area contributed by atoms with Gasteiger partial charge < -0.3 is 15.7 Å². The van der Waals surface area contributed by atoms with Crippen molar-refractivity contribution in [2.75, 3.05) is 18.5 Å². The average Bonchev–Trinajstić information content (AvgIpc) is 2.76. The van der Waals surface area contributed by atoms with Crippen molar-refractivity contribution >= 4 is 5.82 Å². The Kier molecular flexibility index (Phi) is 3.64. The first-order valence-corrected chi connectivity index (χ1v) is 6.21. The highest BCUT2D eigenvalue weighted by molar-refractivity contribution is 5.38. The van der Waals surface area contributed by atoms with Gasteiger partial charge in [0.1, 0.15) is 5.82 Å². The largest absolute Gasteiger partial charge is 0.388 e. The molecular formula is C13H21N3O. The number of nitrogens with two attached hydrogens (primary N) is 1. The summed E-state index contributed by atoms with van der Waals surface area (Å²) in [6.45, 7) is 1.17. The number of hydrogen-bond donors (Lipinski definition) is 2. The minimum Gasteiger partial charge on any atom is -0.388 e. The zero-order valence-electron chi connectivity index (χ0n) is 10.4. The van der Waals surface area contributed by atoms with Crippen LogP contribution in [0.3, 0.4) is 0 Å². The summed E-state index contributed by atoms with van der Waals surface area (Å²) in [4.78, 5) is 6.38. The minimum absolute atomic E-state index is 0.515. The van der Waals surface area contributed by atoms with Crippen molar-refractivity contribution < 1.29 is 5.11 Å². The van der Waals surface area contributed by atoms with Crippen molar-refractivity contribution in [2.24, 2.45) is 5.73 Å². The molecule has 0 bridgehead atoms. The Morgan fingerprint density at radius 2 is 2.12 bits per heavy atom. The average molecular weight is 235 g/mol. The van der Waals surface area contributed by atoms with E-state index in [0.29, 0.717) is 13.1 Å². The van der Waals surface area contributed by atoms with E-state index in [-0.39, 0.29) is 0 Å². The zero-order chi connectivity index (χ0) is 12.3. The maximum absolute atomic E-state index is 10.3. The number of rotatable bonds is 4. The molecule has 4 heteroatoms. The van der Waals surface area contributed by atoms with Crippen LogP contribution in [0.5, 0.6) is 0 Å². The molecule has 1 aliphatic carbocycles. The Morgan fingerprint density at radius 1 is 1.41 bits per heavy atom. The van der Waals surface area contributed by atoms with E-state index >= 15 is 0 Å². The van der Waals surface area contributed by atoms with Crippen LogP contribution in [0.1, 0.15) is 31.2 Å². The van der Waals surface area contributed by atoms with Crippen molar-refractivity contribution in [1.29, 1.82) is 0 Å². The van der Waals surface area contributed by atoms with Crippen LogP contribution in [0.2, 0.25) is 0 Å². The predicted octanol–water partition coefficient (Wildman–Crippen LogP) is 1.28. The Hall–Kier alpha value is -1.13. The van der Waals surface area contributed by atoms with E-state index in [4.69, 9.17) is 5.73 Å². The molecule has 4 nitrogen and oxygen atoms in total. The van der Waals surface area contributed by atoms with Crippen molar-refractivity contribution in [3.8, 4) is 0 Å². The maximum Gasteiger partial charge on any atom is 0.128 e. The van der Waals surface area contributed by atoms with Crippen LogP contribution in [0.4, 0.5) is 5.82 Å². The summed E-state index contributed by atoms with van der Waals surface area (Å²) < 4.78 is 0. The monoisotopic (exact) mass is 235 g/mol. The van der Waals surface area contributed by atoms with Crippen molar-refractivity contribution in [1.82, 2.24) is 4.98 Å². The standard InChI is InChI=1S/C13H21N3O/c1-16(10-13(17)6-2-3-7-13)12-5-4-11(8-14)9-15-12/h4-5,9,17H,2-3,6-8,10,14H2,1H3. The van der Waals surface area contributed by atoms with Crippen LogP contribution in [-0.2, 0) is 6.54 Å². The van der Waals surface area contributed by atoms with Crippen LogP contribution in [0.15, 0.2) is 18.3 Å². The van der Waals surface area contributed by atoms with Crippen LogP contribution in [0, 0.1) is 0 Å². The topological polar surface area (TPSA) is 62.4 Å². The fraction of sp³-hybridized carbons (Fsp3) is 0.615. The third kappa shape index (κ3) is 2.96. The molecule has 17 heavy (non-hydrogen) atoms.